The minimum atomic E-state index is 0.388. The molecule has 0 spiro atoms. The van der Waals surface area contributed by atoms with Crippen molar-refractivity contribution in [1.29, 1.82) is 0 Å². The largest absolute Gasteiger partial charge is 0.372 e. The van der Waals surface area contributed by atoms with Crippen LogP contribution in [-0.2, 0) is 5.75 Å². The van der Waals surface area contributed by atoms with Crippen molar-refractivity contribution < 1.29 is 0 Å². The van der Waals surface area contributed by atoms with Crippen molar-refractivity contribution in [3.63, 3.8) is 0 Å². The summed E-state index contributed by atoms with van der Waals surface area (Å²) in [6.45, 7) is 4.32. The molecule has 2 aromatic rings. The van der Waals surface area contributed by atoms with Gasteiger partial charge in [0.1, 0.15) is 11.6 Å². The van der Waals surface area contributed by atoms with Crippen LogP contribution in [0.1, 0.15) is 31.3 Å². The first-order valence-corrected chi connectivity index (χ1v) is 9.50. The minimum absolute atomic E-state index is 0.388. The molecule has 0 unspecified atom stereocenters. The molecule has 0 saturated heterocycles. The van der Waals surface area contributed by atoms with E-state index in [0.29, 0.717) is 5.92 Å². The zero-order valence-electron chi connectivity index (χ0n) is 12.2. The van der Waals surface area contributed by atoms with E-state index in [0.717, 1.165) is 31.1 Å². The average molecular weight is 478 g/mol. The van der Waals surface area contributed by atoms with Crippen LogP contribution in [0.2, 0.25) is 0 Å². The lowest BCUT2D eigenvalue weighted by atomic mass is 10.1. The molecular weight excluding hydrogens is 461 g/mol. The molecule has 1 aromatic carbocycles. The summed E-state index contributed by atoms with van der Waals surface area (Å²) in [7, 11) is 1.90. The van der Waals surface area contributed by atoms with E-state index in [9.17, 15) is 0 Å². The molecule has 0 aliphatic heterocycles. The third-order valence-electron chi connectivity index (χ3n) is 2.90. The maximum absolute atomic E-state index is 4.73. The highest BCUT2D eigenvalue weighted by atomic mass is 127. The first-order valence-electron chi connectivity index (χ1n) is 6.64. The van der Waals surface area contributed by atoms with Crippen LogP contribution in [-0.4, -0.2) is 17.0 Å². The Kier molecular flexibility index (Phi) is 6.31. The van der Waals surface area contributed by atoms with Gasteiger partial charge in [0.2, 0.25) is 0 Å². The highest BCUT2D eigenvalue weighted by molar-refractivity contribution is 14.1. The summed E-state index contributed by atoms with van der Waals surface area (Å²) >= 11 is 7.63. The van der Waals surface area contributed by atoms with Crippen LogP contribution in [0, 0.1) is 3.57 Å². The van der Waals surface area contributed by atoms with E-state index in [1.807, 2.05) is 19.2 Å². The van der Waals surface area contributed by atoms with Gasteiger partial charge in [-0.05, 0) is 56.6 Å². The Labute approximate surface area is 152 Å². The number of aromatic nitrogens is 2. The van der Waals surface area contributed by atoms with E-state index in [2.05, 4.69) is 74.8 Å². The van der Waals surface area contributed by atoms with Gasteiger partial charge in [-0.15, -0.1) is 11.8 Å². The summed E-state index contributed by atoms with van der Waals surface area (Å²) in [6.07, 6.45) is 0. The van der Waals surface area contributed by atoms with E-state index >= 15 is 0 Å². The molecule has 2 rings (SSSR count). The fourth-order valence-electron chi connectivity index (χ4n) is 1.83. The molecule has 0 fully saturated rings. The molecule has 1 N–H and O–H groups in total. The molecule has 3 nitrogen and oxygen atoms in total. The SMILES string of the molecule is CNc1nc(CSc2ccccc2Br)nc(C(C)C)c1I. The minimum Gasteiger partial charge on any atom is -0.372 e. The Morgan fingerprint density at radius 1 is 1.29 bits per heavy atom. The van der Waals surface area contributed by atoms with Crippen LogP contribution in [0.5, 0.6) is 0 Å². The summed E-state index contributed by atoms with van der Waals surface area (Å²) < 4.78 is 2.22. The highest BCUT2D eigenvalue weighted by Crippen LogP contribution is 2.31. The lowest BCUT2D eigenvalue weighted by Crippen LogP contribution is -2.08. The van der Waals surface area contributed by atoms with Crippen molar-refractivity contribution in [3.05, 3.63) is 43.8 Å². The van der Waals surface area contributed by atoms with Gasteiger partial charge in [-0.25, -0.2) is 9.97 Å². The van der Waals surface area contributed by atoms with Gasteiger partial charge < -0.3 is 5.32 Å². The normalized spacial score (nSPS) is 11.0. The molecule has 6 heteroatoms. The topological polar surface area (TPSA) is 37.8 Å². The summed E-state index contributed by atoms with van der Waals surface area (Å²) in [6, 6.07) is 8.21. The lowest BCUT2D eigenvalue weighted by molar-refractivity contribution is 0.792. The van der Waals surface area contributed by atoms with E-state index in [1.165, 1.54) is 4.90 Å². The maximum Gasteiger partial charge on any atom is 0.143 e. The predicted molar refractivity (Wildman–Crippen MR) is 102 cm³/mol. The molecule has 0 bridgehead atoms. The van der Waals surface area contributed by atoms with Gasteiger partial charge in [-0.2, -0.15) is 0 Å². The van der Waals surface area contributed by atoms with Crippen LogP contribution in [0.3, 0.4) is 0 Å². The van der Waals surface area contributed by atoms with Crippen LogP contribution in [0.4, 0.5) is 5.82 Å². The van der Waals surface area contributed by atoms with Crippen molar-refractivity contribution in [2.45, 2.75) is 30.4 Å². The Morgan fingerprint density at radius 3 is 2.62 bits per heavy atom. The predicted octanol–water partition coefficient (Wildman–Crippen LogP) is 5.30. The molecule has 0 radical (unpaired) electrons. The van der Waals surface area contributed by atoms with Gasteiger partial charge in [0.05, 0.1) is 15.0 Å². The molecule has 0 amide bonds. The van der Waals surface area contributed by atoms with Crippen molar-refractivity contribution in [2.24, 2.45) is 0 Å². The molecule has 1 heterocycles. The first-order chi connectivity index (χ1) is 10.0. The van der Waals surface area contributed by atoms with Crippen LogP contribution in [0.15, 0.2) is 33.6 Å². The Morgan fingerprint density at radius 2 is 2.00 bits per heavy atom. The smallest absolute Gasteiger partial charge is 0.143 e. The van der Waals surface area contributed by atoms with Crippen molar-refractivity contribution in [2.75, 3.05) is 12.4 Å². The fraction of sp³-hybridized carbons (Fsp3) is 0.333. The Balaban J connectivity index is 2.24. The average Bonchev–Trinajstić information content (AvgIpc) is 2.47. The number of hydrogen-bond acceptors (Lipinski definition) is 4. The summed E-state index contributed by atoms with van der Waals surface area (Å²) in [5.41, 5.74) is 1.11. The number of nitrogens with one attached hydrogen (secondary N) is 1. The monoisotopic (exact) mass is 477 g/mol. The molecular formula is C15H17BrIN3S. The molecule has 1 aromatic heterocycles. The molecule has 112 valence electrons. The van der Waals surface area contributed by atoms with Crippen LogP contribution < -0.4 is 5.32 Å². The fourth-order valence-corrected chi connectivity index (χ4v) is 4.39. The molecule has 0 saturated carbocycles. The van der Waals surface area contributed by atoms with Crippen LogP contribution >= 0.6 is 50.3 Å². The maximum atomic E-state index is 4.73. The van der Waals surface area contributed by atoms with Gasteiger partial charge in [-0.3, -0.25) is 0 Å². The van der Waals surface area contributed by atoms with Crippen molar-refractivity contribution in [1.82, 2.24) is 9.97 Å². The number of rotatable bonds is 5. The second-order valence-electron chi connectivity index (χ2n) is 4.81. The zero-order valence-corrected chi connectivity index (χ0v) is 16.7. The van der Waals surface area contributed by atoms with Gasteiger partial charge in [0.25, 0.3) is 0 Å². The number of halogens is 2. The first kappa shape index (κ1) is 17.0. The van der Waals surface area contributed by atoms with E-state index in [-0.39, 0.29) is 0 Å². The zero-order chi connectivity index (χ0) is 15.4. The van der Waals surface area contributed by atoms with Crippen molar-refractivity contribution >= 4 is 56.1 Å². The molecule has 0 aliphatic carbocycles. The standard InChI is InChI=1S/C15H17BrIN3S/c1-9(2)14-13(17)15(18-3)20-12(19-14)8-21-11-7-5-4-6-10(11)16/h4-7,9H,8H2,1-3H3,(H,18,19,20). The summed E-state index contributed by atoms with van der Waals surface area (Å²) in [5, 5.41) is 3.16. The number of benzene rings is 1. The molecule has 21 heavy (non-hydrogen) atoms. The number of thioether (sulfide) groups is 1. The van der Waals surface area contributed by atoms with E-state index < -0.39 is 0 Å². The molecule has 0 atom stereocenters. The summed E-state index contributed by atoms with van der Waals surface area (Å²) in [5.74, 6) is 2.92. The lowest BCUT2D eigenvalue weighted by Gasteiger charge is -2.13. The second-order valence-corrected chi connectivity index (χ2v) is 7.76. The van der Waals surface area contributed by atoms with E-state index in [1.54, 1.807) is 11.8 Å². The highest BCUT2D eigenvalue weighted by Gasteiger charge is 2.14. The van der Waals surface area contributed by atoms with E-state index in [4.69, 9.17) is 4.98 Å². The number of hydrogen-bond donors (Lipinski definition) is 1. The Hall–Kier alpha value is -0.340. The van der Waals surface area contributed by atoms with Crippen molar-refractivity contribution in [3.8, 4) is 0 Å². The Bertz CT molecular complexity index is 634. The molecule has 0 aliphatic rings. The van der Waals surface area contributed by atoms with Gasteiger partial charge >= 0.3 is 0 Å². The third kappa shape index (κ3) is 4.32. The second kappa shape index (κ2) is 7.78. The van der Waals surface area contributed by atoms with Crippen LogP contribution in [0.25, 0.3) is 0 Å². The number of anilines is 1. The number of nitrogens with zero attached hydrogens (tertiary/aromatic N) is 2. The quantitative estimate of drug-likeness (QED) is 0.468. The summed E-state index contributed by atoms with van der Waals surface area (Å²) in [4.78, 5) is 10.5. The van der Waals surface area contributed by atoms with Gasteiger partial charge in [0, 0.05) is 16.4 Å². The van der Waals surface area contributed by atoms with Gasteiger partial charge in [-0.1, -0.05) is 26.0 Å². The third-order valence-corrected chi connectivity index (χ3v) is 5.99. The van der Waals surface area contributed by atoms with Gasteiger partial charge in [0.15, 0.2) is 0 Å².